The SMILES string of the molecule is CN(C)c1ccccc1C(=O)N1CC2CN(CC[C@H](N)c3ccccc3)CC2C1. The Morgan fingerprint density at radius 2 is 1.62 bits per heavy atom. The molecule has 2 unspecified atom stereocenters. The summed E-state index contributed by atoms with van der Waals surface area (Å²) in [6.45, 7) is 4.91. The summed E-state index contributed by atoms with van der Waals surface area (Å²) in [5.41, 5.74) is 9.38. The Labute approximate surface area is 174 Å². The largest absolute Gasteiger partial charge is 0.377 e. The highest BCUT2D eigenvalue weighted by atomic mass is 16.2. The lowest BCUT2D eigenvalue weighted by molar-refractivity contribution is 0.0774. The van der Waals surface area contributed by atoms with Gasteiger partial charge in [0.15, 0.2) is 0 Å². The molecule has 1 amide bonds. The van der Waals surface area contributed by atoms with E-state index in [9.17, 15) is 4.79 Å². The molecule has 0 radical (unpaired) electrons. The second kappa shape index (κ2) is 8.56. The summed E-state index contributed by atoms with van der Waals surface area (Å²) >= 11 is 0. The minimum absolute atomic E-state index is 0.0947. The maximum Gasteiger partial charge on any atom is 0.255 e. The van der Waals surface area contributed by atoms with Crippen molar-refractivity contribution in [3.8, 4) is 0 Å². The van der Waals surface area contributed by atoms with Gasteiger partial charge in [0.25, 0.3) is 5.91 Å². The van der Waals surface area contributed by atoms with Gasteiger partial charge in [-0.3, -0.25) is 4.79 Å². The van der Waals surface area contributed by atoms with Gasteiger partial charge in [0, 0.05) is 52.0 Å². The molecule has 5 heteroatoms. The number of amides is 1. The molecule has 2 aliphatic heterocycles. The van der Waals surface area contributed by atoms with Crippen molar-refractivity contribution in [2.45, 2.75) is 12.5 Å². The van der Waals surface area contributed by atoms with Crippen LogP contribution in [0.5, 0.6) is 0 Å². The van der Waals surface area contributed by atoms with Gasteiger partial charge in [-0.05, 0) is 42.5 Å². The molecule has 2 aromatic carbocycles. The molecule has 154 valence electrons. The Balaban J connectivity index is 1.31. The fourth-order valence-electron chi connectivity index (χ4n) is 4.84. The zero-order chi connectivity index (χ0) is 20.4. The van der Waals surface area contributed by atoms with Crippen molar-refractivity contribution in [1.29, 1.82) is 0 Å². The van der Waals surface area contributed by atoms with Crippen molar-refractivity contribution in [3.63, 3.8) is 0 Å². The first-order chi connectivity index (χ1) is 14.0. The van der Waals surface area contributed by atoms with Crippen LogP contribution in [0.25, 0.3) is 0 Å². The van der Waals surface area contributed by atoms with Gasteiger partial charge in [-0.25, -0.2) is 0 Å². The summed E-state index contributed by atoms with van der Waals surface area (Å²) in [7, 11) is 3.98. The molecule has 2 heterocycles. The van der Waals surface area contributed by atoms with Crippen LogP contribution in [0.1, 0.15) is 28.4 Å². The molecule has 5 nitrogen and oxygen atoms in total. The van der Waals surface area contributed by atoms with Crippen LogP contribution < -0.4 is 10.6 Å². The van der Waals surface area contributed by atoms with Crippen LogP contribution >= 0.6 is 0 Å². The fourth-order valence-corrected chi connectivity index (χ4v) is 4.84. The van der Waals surface area contributed by atoms with Crippen LogP contribution in [-0.2, 0) is 0 Å². The zero-order valence-corrected chi connectivity index (χ0v) is 17.5. The van der Waals surface area contributed by atoms with Gasteiger partial charge in [0.05, 0.1) is 5.56 Å². The first-order valence-electron chi connectivity index (χ1n) is 10.6. The Bertz CT molecular complexity index is 824. The van der Waals surface area contributed by atoms with Crippen LogP contribution in [-0.4, -0.2) is 62.5 Å². The number of carbonyl (C=O) groups excluding carboxylic acids is 1. The average Bonchev–Trinajstić information content (AvgIpc) is 3.31. The third-order valence-corrected chi connectivity index (χ3v) is 6.45. The Morgan fingerprint density at radius 1 is 1.00 bits per heavy atom. The topological polar surface area (TPSA) is 52.8 Å². The fraction of sp³-hybridized carbons (Fsp3) is 0.458. The van der Waals surface area contributed by atoms with Crippen molar-refractivity contribution in [2.24, 2.45) is 17.6 Å². The summed E-state index contributed by atoms with van der Waals surface area (Å²) < 4.78 is 0. The van der Waals surface area contributed by atoms with E-state index in [-0.39, 0.29) is 11.9 Å². The molecule has 0 saturated carbocycles. The summed E-state index contributed by atoms with van der Waals surface area (Å²) in [6.07, 6.45) is 0.975. The van der Waals surface area contributed by atoms with Crippen molar-refractivity contribution in [2.75, 3.05) is 51.7 Å². The van der Waals surface area contributed by atoms with Gasteiger partial charge in [0.1, 0.15) is 0 Å². The number of hydrogen-bond acceptors (Lipinski definition) is 4. The molecule has 3 atom stereocenters. The zero-order valence-electron chi connectivity index (χ0n) is 17.5. The van der Waals surface area contributed by atoms with E-state index in [1.54, 1.807) is 0 Å². The smallest absolute Gasteiger partial charge is 0.255 e. The summed E-state index contributed by atoms with van der Waals surface area (Å²) in [5, 5.41) is 0. The predicted octanol–water partition coefficient (Wildman–Crippen LogP) is 2.85. The predicted molar refractivity (Wildman–Crippen MR) is 118 cm³/mol. The number of hydrogen-bond donors (Lipinski definition) is 1. The first-order valence-corrected chi connectivity index (χ1v) is 10.6. The Kier molecular flexibility index (Phi) is 5.88. The van der Waals surface area contributed by atoms with Crippen molar-refractivity contribution >= 4 is 11.6 Å². The number of rotatable bonds is 6. The summed E-state index contributed by atoms with van der Waals surface area (Å²) in [4.78, 5) is 19.7. The number of fused-ring (bicyclic) bond motifs is 1. The van der Waals surface area contributed by atoms with Crippen LogP contribution in [0.3, 0.4) is 0 Å². The molecule has 2 fully saturated rings. The number of nitrogens with two attached hydrogens (primary N) is 1. The van der Waals surface area contributed by atoms with Gasteiger partial charge >= 0.3 is 0 Å². The van der Waals surface area contributed by atoms with Gasteiger partial charge in [-0.1, -0.05) is 42.5 Å². The molecule has 0 spiro atoms. The second-order valence-electron chi connectivity index (χ2n) is 8.71. The van der Waals surface area contributed by atoms with E-state index in [2.05, 4.69) is 34.1 Å². The maximum atomic E-state index is 13.1. The quantitative estimate of drug-likeness (QED) is 0.821. The van der Waals surface area contributed by atoms with Crippen LogP contribution in [0.4, 0.5) is 5.69 Å². The lowest BCUT2D eigenvalue weighted by atomic mass is 10.0. The normalized spacial score (nSPS) is 22.5. The first kappa shape index (κ1) is 19.9. The molecule has 4 rings (SSSR count). The molecule has 0 aliphatic carbocycles. The van der Waals surface area contributed by atoms with E-state index in [1.807, 2.05) is 49.3 Å². The molecular weight excluding hydrogens is 360 g/mol. The van der Waals surface area contributed by atoms with E-state index >= 15 is 0 Å². The lowest BCUT2D eigenvalue weighted by Gasteiger charge is -2.24. The van der Waals surface area contributed by atoms with Crippen molar-refractivity contribution < 1.29 is 4.79 Å². The van der Waals surface area contributed by atoms with E-state index in [1.165, 1.54) is 5.56 Å². The molecule has 0 aromatic heterocycles. The van der Waals surface area contributed by atoms with Gasteiger partial charge in [-0.2, -0.15) is 0 Å². The molecule has 2 aromatic rings. The number of likely N-dealkylation sites (tertiary alicyclic amines) is 2. The van der Waals surface area contributed by atoms with E-state index in [0.29, 0.717) is 11.8 Å². The van der Waals surface area contributed by atoms with Crippen LogP contribution in [0.15, 0.2) is 54.6 Å². The monoisotopic (exact) mass is 392 g/mol. The Hall–Kier alpha value is -2.37. The van der Waals surface area contributed by atoms with E-state index < -0.39 is 0 Å². The van der Waals surface area contributed by atoms with E-state index in [0.717, 1.165) is 50.4 Å². The number of nitrogens with zero attached hydrogens (tertiary/aromatic N) is 3. The van der Waals surface area contributed by atoms with Crippen LogP contribution in [0.2, 0.25) is 0 Å². The van der Waals surface area contributed by atoms with E-state index in [4.69, 9.17) is 5.73 Å². The number of benzene rings is 2. The summed E-state index contributed by atoms with van der Waals surface area (Å²) in [5.74, 6) is 1.33. The minimum Gasteiger partial charge on any atom is -0.377 e. The summed E-state index contributed by atoms with van der Waals surface area (Å²) in [6, 6.07) is 18.4. The molecule has 2 N–H and O–H groups in total. The number of carbonyl (C=O) groups is 1. The van der Waals surface area contributed by atoms with Crippen molar-refractivity contribution in [3.05, 3.63) is 65.7 Å². The molecular formula is C24H32N4O. The molecule has 0 bridgehead atoms. The third-order valence-electron chi connectivity index (χ3n) is 6.45. The van der Waals surface area contributed by atoms with Gasteiger partial charge in [0.2, 0.25) is 0 Å². The Morgan fingerprint density at radius 3 is 2.28 bits per heavy atom. The molecule has 29 heavy (non-hydrogen) atoms. The highest BCUT2D eigenvalue weighted by Gasteiger charge is 2.41. The minimum atomic E-state index is 0.0947. The maximum absolute atomic E-state index is 13.1. The molecule has 2 aliphatic rings. The standard InChI is InChI=1S/C24H32N4O/c1-26(2)23-11-7-6-10-21(23)24(29)28-16-19-14-27(15-20(19)17-28)13-12-22(25)18-8-4-3-5-9-18/h3-11,19-20,22H,12-17,25H2,1-2H3/t19?,20?,22-/m0/s1. The van der Waals surface area contributed by atoms with Gasteiger partial charge < -0.3 is 20.4 Å². The number of para-hydroxylation sites is 1. The second-order valence-corrected chi connectivity index (χ2v) is 8.71. The molecule has 2 saturated heterocycles. The number of anilines is 1. The highest BCUT2D eigenvalue weighted by Crippen LogP contribution is 2.33. The van der Waals surface area contributed by atoms with Crippen molar-refractivity contribution in [1.82, 2.24) is 9.80 Å². The van der Waals surface area contributed by atoms with Gasteiger partial charge in [-0.15, -0.1) is 0 Å². The van der Waals surface area contributed by atoms with Crippen LogP contribution in [0, 0.1) is 11.8 Å². The highest BCUT2D eigenvalue weighted by molar-refractivity contribution is 5.99. The average molecular weight is 393 g/mol. The lowest BCUT2D eigenvalue weighted by Crippen LogP contribution is -2.34. The third kappa shape index (κ3) is 4.31.